The van der Waals surface area contributed by atoms with Gasteiger partial charge in [-0.1, -0.05) is 65.7 Å². The molecule has 3 rings (SSSR count). The summed E-state index contributed by atoms with van der Waals surface area (Å²) in [7, 11) is 0. The van der Waals surface area contributed by atoms with E-state index >= 15 is 0 Å². The number of rotatable bonds is 5. The van der Waals surface area contributed by atoms with Gasteiger partial charge in [0.2, 0.25) is 0 Å². The van der Waals surface area contributed by atoms with E-state index in [1.54, 1.807) is 18.3 Å². The summed E-state index contributed by atoms with van der Waals surface area (Å²) in [5.74, 6) is 0.783. The lowest BCUT2D eigenvalue weighted by atomic mass is 10.2. The lowest BCUT2D eigenvalue weighted by Crippen LogP contribution is -1.97. The van der Waals surface area contributed by atoms with Gasteiger partial charge in [0, 0.05) is 11.8 Å². The summed E-state index contributed by atoms with van der Waals surface area (Å²) >= 11 is 11.9. The van der Waals surface area contributed by atoms with Crippen molar-refractivity contribution in [3.05, 3.63) is 94.0 Å². The first-order valence-electron chi connectivity index (χ1n) is 7.47. The maximum Gasteiger partial charge on any atom is 0.128 e. The van der Waals surface area contributed by atoms with Crippen LogP contribution in [0.1, 0.15) is 11.1 Å². The van der Waals surface area contributed by atoms with Gasteiger partial charge >= 0.3 is 0 Å². The van der Waals surface area contributed by atoms with E-state index in [4.69, 9.17) is 27.9 Å². The highest BCUT2D eigenvalue weighted by Crippen LogP contribution is 2.27. The maximum absolute atomic E-state index is 6.01. The van der Waals surface area contributed by atoms with Crippen molar-refractivity contribution in [2.24, 2.45) is 4.99 Å². The molecule has 0 spiro atoms. The molecule has 3 aromatic rings. The standard InChI is InChI=1S/C20H15Cl2NO/c21-18-11-10-17(12-19(18)22)23-13-16-8-4-5-9-20(16)24-14-15-6-2-1-3-7-15/h1-13H,14H2. The van der Waals surface area contributed by atoms with E-state index in [0.717, 1.165) is 22.6 Å². The zero-order chi connectivity index (χ0) is 16.8. The Bertz CT molecular complexity index is 847. The number of hydrogen-bond acceptors (Lipinski definition) is 2. The van der Waals surface area contributed by atoms with Gasteiger partial charge in [0.25, 0.3) is 0 Å². The number of hydrogen-bond donors (Lipinski definition) is 0. The Morgan fingerprint density at radius 2 is 1.58 bits per heavy atom. The van der Waals surface area contributed by atoms with Gasteiger partial charge in [-0.15, -0.1) is 0 Å². The fourth-order valence-electron chi connectivity index (χ4n) is 2.16. The quantitative estimate of drug-likeness (QED) is 0.490. The molecule has 0 aromatic heterocycles. The lowest BCUT2D eigenvalue weighted by molar-refractivity contribution is 0.306. The Kier molecular flexibility index (Phi) is 5.52. The molecule has 0 heterocycles. The molecule has 0 unspecified atom stereocenters. The van der Waals surface area contributed by atoms with Crippen LogP contribution in [-0.4, -0.2) is 6.21 Å². The summed E-state index contributed by atoms with van der Waals surface area (Å²) in [5, 5.41) is 1.00. The molecule has 0 atom stereocenters. The number of para-hydroxylation sites is 1. The number of benzene rings is 3. The molecule has 120 valence electrons. The van der Waals surface area contributed by atoms with Gasteiger partial charge in [0.1, 0.15) is 12.4 Å². The van der Waals surface area contributed by atoms with Crippen LogP contribution in [-0.2, 0) is 6.61 Å². The normalized spacial score (nSPS) is 10.9. The van der Waals surface area contributed by atoms with Crippen LogP contribution in [0.2, 0.25) is 10.0 Å². The van der Waals surface area contributed by atoms with Crippen molar-refractivity contribution in [1.29, 1.82) is 0 Å². The van der Waals surface area contributed by atoms with E-state index in [1.165, 1.54) is 0 Å². The second kappa shape index (κ2) is 8.00. The molecule has 2 nitrogen and oxygen atoms in total. The Balaban J connectivity index is 1.76. The fraction of sp³-hybridized carbons (Fsp3) is 0.0500. The molecule has 0 fully saturated rings. The van der Waals surface area contributed by atoms with Crippen LogP contribution in [0.15, 0.2) is 77.8 Å². The number of ether oxygens (including phenoxy) is 1. The molecule has 0 aliphatic rings. The summed E-state index contributed by atoms with van der Waals surface area (Å²) in [6.07, 6.45) is 1.76. The van der Waals surface area contributed by atoms with E-state index in [-0.39, 0.29) is 0 Å². The van der Waals surface area contributed by atoms with Gasteiger partial charge in [-0.2, -0.15) is 0 Å². The van der Waals surface area contributed by atoms with Gasteiger partial charge < -0.3 is 4.74 Å². The molecule has 0 bridgehead atoms. The summed E-state index contributed by atoms with van der Waals surface area (Å²) in [5.41, 5.74) is 2.76. The maximum atomic E-state index is 6.01. The Hall–Kier alpha value is -2.29. The molecule has 0 N–H and O–H groups in total. The van der Waals surface area contributed by atoms with Crippen molar-refractivity contribution in [2.75, 3.05) is 0 Å². The highest BCUT2D eigenvalue weighted by atomic mass is 35.5. The Labute approximate surface area is 151 Å². The van der Waals surface area contributed by atoms with Crippen LogP contribution in [0.25, 0.3) is 0 Å². The van der Waals surface area contributed by atoms with Crippen molar-refractivity contribution in [3.8, 4) is 5.75 Å². The van der Waals surface area contributed by atoms with Crippen molar-refractivity contribution in [1.82, 2.24) is 0 Å². The molecule has 4 heteroatoms. The predicted molar refractivity (Wildman–Crippen MR) is 101 cm³/mol. The van der Waals surface area contributed by atoms with Crippen molar-refractivity contribution in [3.63, 3.8) is 0 Å². The molecule has 0 saturated carbocycles. The van der Waals surface area contributed by atoms with Crippen molar-refractivity contribution >= 4 is 35.1 Å². The zero-order valence-corrected chi connectivity index (χ0v) is 14.3. The molecular weight excluding hydrogens is 341 g/mol. The third-order valence-electron chi connectivity index (χ3n) is 3.41. The number of aliphatic imine (C=N–C) groups is 1. The first-order valence-corrected chi connectivity index (χ1v) is 8.23. The topological polar surface area (TPSA) is 21.6 Å². The zero-order valence-electron chi connectivity index (χ0n) is 12.8. The molecule has 0 saturated heterocycles. The van der Waals surface area contributed by atoms with E-state index in [9.17, 15) is 0 Å². The van der Waals surface area contributed by atoms with Crippen molar-refractivity contribution in [2.45, 2.75) is 6.61 Å². The lowest BCUT2D eigenvalue weighted by Gasteiger charge is -2.09. The Morgan fingerprint density at radius 3 is 2.38 bits per heavy atom. The van der Waals surface area contributed by atoms with E-state index in [1.807, 2.05) is 60.7 Å². The second-order valence-electron chi connectivity index (χ2n) is 5.17. The average molecular weight is 356 g/mol. The van der Waals surface area contributed by atoms with Crippen LogP contribution in [0.4, 0.5) is 5.69 Å². The number of halogens is 2. The molecule has 24 heavy (non-hydrogen) atoms. The fourth-order valence-corrected chi connectivity index (χ4v) is 2.46. The summed E-state index contributed by atoms with van der Waals surface area (Å²) in [6.45, 7) is 0.512. The SMILES string of the molecule is Clc1ccc(N=Cc2ccccc2OCc2ccccc2)cc1Cl. The van der Waals surface area contributed by atoms with Crippen LogP contribution < -0.4 is 4.74 Å². The average Bonchev–Trinajstić information content (AvgIpc) is 2.62. The van der Waals surface area contributed by atoms with E-state index in [2.05, 4.69) is 4.99 Å². The van der Waals surface area contributed by atoms with Crippen LogP contribution in [0.3, 0.4) is 0 Å². The highest BCUT2D eigenvalue weighted by molar-refractivity contribution is 6.42. The summed E-state index contributed by atoms with van der Waals surface area (Å²) in [6, 6.07) is 23.1. The molecule has 0 radical (unpaired) electrons. The molecule has 0 aliphatic carbocycles. The van der Waals surface area contributed by atoms with Gasteiger partial charge in [0.05, 0.1) is 15.7 Å². The monoisotopic (exact) mass is 355 g/mol. The Morgan fingerprint density at radius 1 is 0.833 bits per heavy atom. The minimum atomic E-state index is 0.486. The first kappa shape index (κ1) is 16.6. The van der Waals surface area contributed by atoms with Crippen LogP contribution in [0, 0.1) is 0 Å². The third-order valence-corrected chi connectivity index (χ3v) is 4.15. The molecular formula is C20H15Cl2NO. The van der Waals surface area contributed by atoms with E-state index < -0.39 is 0 Å². The van der Waals surface area contributed by atoms with Gasteiger partial charge in [-0.05, 0) is 35.9 Å². The summed E-state index contributed by atoms with van der Waals surface area (Å²) in [4.78, 5) is 4.45. The number of nitrogens with zero attached hydrogens (tertiary/aromatic N) is 1. The van der Waals surface area contributed by atoms with Gasteiger partial charge in [-0.25, -0.2) is 0 Å². The largest absolute Gasteiger partial charge is 0.488 e. The highest BCUT2D eigenvalue weighted by Gasteiger charge is 2.02. The third kappa shape index (κ3) is 4.38. The summed E-state index contributed by atoms with van der Waals surface area (Å²) < 4.78 is 5.92. The molecule has 0 aliphatic heterocycles. The van der Waals surface area contributed by atoms with Crippen molar-refractivity contribution < 1.29 is 4.74 Å². The predicted octanol–water partition coefficient (Wildman–Crippen LogP) is 6.32. The first-order chi connectivity index (χ1) is 11.7. The molecule has 0 amide bonds. The van der Waals surface area contributed by atoms with Crippen LogP contribution >= 0.6 is 23.2 Å². The van der Waals surface area contributed by atoms with Gasteiger partial charge in [0.15, 0.2) is 0 Å². The second-order valence-corrected chi connectivity index (χ2v) is 5.98. The smallest absolute Gasteiger partial charge is 0.128 e. The molecule has 3 aromatic carbocycles. The van der Waals surface area contributed by atoms with E-state index in [0.29, 0.717) is 16.7 Å². The van der Waals surface area contributed by atoms with Crippen LogP contribution in [0.5, 0.6) is 5.75 Å². The van der Waals surface area contributed by atoms with Gasteiger partial charge in [-0.3, -0.25) is 4.99 Å². The minimum Gasteiger partial charge on any atom is -0.488 e. The minimum absolute atomic E-state index is 0.486.